The summed E-state index contributed by atoms with van der Waals surface area (Å²) in [5.41, 5.74) is 15.1. The smallest absolute Gasteiger partial charge is 0.333 e. The van der Waals surface area contributed by atoms with Crippen molar-refractivity contribution in [2.45, 2.75) is 25.1 Å². The summed E-state index contributed by atoms with van der Waals surface area (Å²) in [4.78, 5) is 23.8. The summed E-state index contributed by atoms with van der Waals surface area (Å²) in [6.45, 7) is -2.04. The Morgan fingerprint density at radius 1 is 1.14 bits per heavy atom. The fraction of sp³-hybridized carbons (Fsp3) is 0.321. The highest BCUT2D eigenvalue weighted by molar-refractivity contribution is 6.34. The normalized spacial score (nSPS) is 16.3. The summed E-state index contributed by atoms with van der Waals surface area (Å²) in [5.74, 6) is -0.689. The topological polar surface area (TPSA) is 142 Å². The first-order valence-electron chi connectivity index (χ1n) is 13.1. The average Bonchev–Trinajstić information content (AvgIpc) is 3.46. The van der Waals surface area contributed by atoms with E-state index in [2.05, 4.69) is 15.1 Å². The number of likely N-dealkylation sites (tertiary alicyclic amines) is 1. The molecule has 2 aromatic carbocycles. The standard InChI is InChI=1S/C28H30ClF4N9O/c1-40(28(36)39-23(14-43)17-4-2-16(3-5-17)19-9-38-42(12-19)27(32)33)24(13-41-10-20(11-41)25(30)31)18-6-7-22(29)21(8-18)26(35)37-15-34/h2-9,12,14-15,20,23-25,27H,10-11,13H2,1H3,(H2,36,39)(H3,34,35,37). The van der Waals surface area contributed by atoms with Crippen LogP contribution in [0.25, 0.3) is 11.1 Å². The molecular weight excluding hydrogens is 590 g/mol. The lowest BCUT2D eigenvalue weighted by atomic mass is 9.96. The number of aliphatic imine (C=N–C) groups is 2. The zero-order valence-electron chi connectivity index (χ0n) is 23.0. The summed E-state index contributed by atoms with van der Waals surface area (Å²) >= 11 is 6.32. The molecule has 5 N–H and O–H groups in total. The zero-order valence-corrected chi connectivity index (χ0v) is 23.8. The van der Waals surface area contributed by atoms with E-state index >= 15 is 0 Å². The van der Waals surface area contributed by atoms with E-state index in [4.69, 9.17) is 28.5 Å². The summed E-state index contributed by atoms with van der Waals surface area (Å²) < 4.78 is 52.6. The number of guanidine groups is 1. The van der Waals surface area contributed by atoms with Crippen LogP contribution >= 0.6 is 11.6 Å². The van der Waals surface area contributed by atoms with Crippen molar-refractivity contribution >= 4 is 36.0 Å². The third kappa shape index (κ3) is 7.38. The second kappa shape index (κ2) is 13.8. The molecule has 0 spiro atoms. The van der Waals surface area contributed by atoms with Crippen molar-refractivity contribution < 1.29 is 22.4 Å². The largest absolute Gasteiger partial charge is 0.383 e. The molecule has 1 aliphatic heterocycles. The molecule has 2 atom stereocenters. The van der Waals surface area contributed by atoms with Gasteiger partial charge in [-0.3, -0.25) is 10.3 Å². The van der Waals surface area contributed by atoms with E-state index < -0.39 is 31.0 Å². The second-order valence-corrected chi connectivity index (χ2v) is 10.4. The molecule has 4 rings (SSSR count). The number of hydrogen-bond donors (Lipinski definition) is 3. The molecule has 0 radical (unpaired) electrons. The predicted molar refractivity (Wildman–Crippen MR) is 157 cm³/mol. The van der Waals surface area contributed by atoms with Gasteiger partial charge in [-0.05, 0) is 28.8 Å². The van der Waals surface area contributed by atoms with Crippen LogP contribution in [0.2, 0.25) is 5.02 Å². The van der Waals surface area contributed by atoms with Gasteiger partial charge in [-0.25, -0.2) is 23.4 Å². The number of nitrogens with two attached hydrogens (primary N) is 2. The number of aromatic nitrogens is 2. The minimum absolute atomic E-state index is 0.00736. The van der Waals surface area contributed by atoms with Gasteiger partial charge >= 0.3 is 6.55 Å². The number of amidine groups is 1. The monoisotopic (exact) mass is 619 g/mol. The molecular formula is C28H30ClF4N9O. The molecule has 1 fully saturated rings. The Morgan fingerprint density at radius 2 is 1.81 bits per heavy atom. The number of nitrogens with zero attached hydrogens (tertiary/aromatic N) is 6. The van der Waals surface area contributed by atoms with Gasteiger partial charge in [-0.2, -0.15) is 13.9 Å². The van der Waals surface area contributed by atoms with Crippen molar-refractivity contribution in [2.24, 2.45) is 27.4 Å². The fourth-order valence-electron chi connectivity index (χ4n) is 4.74. The Labute approximate surface area is 250 Å². The predicted octanol–water partition coefficient (Wildman–Crippen LogP) is 4.34. The van der Waals surface area contributed by atoms with Crippen LogP contribution < -0.4 is 11.5 Å². The number of carbonyl (C=O) groups excluding carboxylic acids is 1. The van der Waals surface area contributed by atoms with E-state index in [-0.39, 0.29) is 24.9 Å². The maximum absolute atomic E-state index is 13.2. The third-order valence-electron chi connectivity index (χ3n) is 7.24. The van der Waals surface area contributed by atoms with Crippen LogP contribution in [0.5, 0.6) is 0 Å². The number of aldehydes is 1. The summed E-state index contributed by atoms with van der Waals surface area (Å²) in [5, 5.41) is 11.2. The molecule has 228 valence electrons. The molecule has 2 heterocycles. The first-order valence-corrected chi connectivity index (χ1v) is 13.5. The van der Waals surface area contributed by atoms with Crippen molar-refractivity contribution in [1.29, 1.82) is 5.41 Å². The van der Waals surface area contributed by atoms with Crippen LogP contribution in [0.15, 0.2) is 64.8 Å². The first-order chi connectivity index (χ1) is 20.5. The Balaban J connectivity index is 1.60. The van der Waals surface area contributed by atoms with E-state index in [0.717, 1.165) is 6.34 Å². The fourth-order valence-corrected chi connectivity index (χ4v) is 4.96. The van der Waals surface area contributed by atoms with Crippen LogP contribution in [-0.4, -0.2) is 77.1 Å². The van der Waals surface area contributed by atoms with Crippen molar-refractivity contribution in [3.8, 4) is 11.1 Å². The molecule has 43 heavy (non-hydrogen) atoms. The number of likely N-dealkylation sites (N-methyl/N-ethyl adjacent to an activating group) is 1. The average molecular weight is 620 g/mol. The molecule has 10 nitrogen and oxygen atoms in total. The van der Waals surface area contributed by atoms with Gasteiger partial charge in [0.1, 0.15) is 24.5 Å². The molecule has 1 aliphatic rings. The van der Waals surface area contributed by atoms with E-state index in [1.807, 2.05) is 4.90 Å². The molecule has 0 saturated carbocycles. The number of nitrogens with one attached hydrogen (secondary N) is 1. The lowest BCUT2D eigenvalue weighted by Crippen LogP contribution is -2.53. The Kier molecular flexibility index (Phi) is 10.1. The van der Waals surface area contributed by atoms with E-state index in [1.54, 1.807) is 54.4 Å². The number of benzene rings is 2. The van der Waals surface area contributed by atoms with Gasteiger partial charge in [-0.15, -0.1) is 0 Å². The number of alkyl halides is 4. The molecule has 0 bridgehead atoms. The SMILES string of the molecule is CN(C(N)=NC(C=O)c1ccc(-c2cnn(C(F)F)c2)cc1)C(CN1CC(C(F)F)C1)c1ccc(Cl)c(C(N)=NC=N)c1. The van der Waals surface area contributed by atoms with Crippen LogP contribution in [0.1, 0.15) is 35.3 Å². The van der Waals surface area contributed by atoms with E-state index in [0.29, 0.717) is 50.4 Å². The third-order valence-corrected chi connectivity index (χ3v) is 7.57. The molecule has 1 saturated heterocycles. The van der Waals surface area contributed by atoms with Crippen molar-refractivity contribution in [3.05, 3.63) is 76.6 Å². The van der Waals surface area contributed by atoms with Crippen LogP contribution in [0.3, 0.4) is 0 Å². The molecule has 15 heteroatoms. The van der Waals surface area contributed by atoms with Crippen LogP contribution in [-0.2, 0) is 4.79 Å². The number of rotatable bonds is 12. The lowest BCUT2D eigenvalue weighted by molar-refractivity contribution is -0.108. The highest BCUT2D eigenvalue weighted by atomic mass is 35.5. The maximum atomic E-state index is 13.2. The van der Waals surface area contributed by atoms with E-state index in [9.17, 15) is 22.4 Å². The van der Waals surface area contributed by atoms with Crippen molar-refractivity contribution in [3.63, 3.8) is 0 Å². The molecule has 3 aromatic rings. The summed E-state index contributed by atoms with van der Waals surface area (Å²) in [6.07, 6.45) is 1.53. The van der Waals surface area contributed by atoms with Gasteiger partial charge in [0.25, 0.3) is 0 Å². The number of halogens is 5. The molecule has 2 unspecified atom stereocenters. The zero-order chi connectivity index (χ0) is 31.3. The minimum Gasteiger partial charge on any atom is -0.383 e. The van der Waals surface area contributed by atoms with Crippen LogP contribution in [0, 0.1) is 11.3 Å². The molecule has 1 aromatic heterocycles. The Hall–Kier alpha value is -4.30. The quantitative estimate of drug-likeness (QED) is 0.119. The first kappa shape index (κ1) is 31.6. The van der Waals surface area contributed by atoms with Crippen LogP contribution in [0.4, 0.5) is 17.6 Å². The Morgan fingerprint density at radius 3 is 2.40 bits per heavy atom. The second-order valence-electron chi connectivity index (χ2n) is 10.00. The van der Waals surface area contributed by atoms with Crippen molar-refractivity contribution in [1.82, 2.24) is 19.6 Å². The maximum Gasteiger partial charge on any atom is 0.333 e. The Bertz CT molecular complexity index is 1490. The van der Waals surface area contributed by atoms with E-state index in [1.165, 1.54) is 12.4 Å². The number of hydrogen-bond acceptors (Lipinski definition) is 5. The van der Waals surface area contributed by atoms with Gasteiger partial charge < -0.3 is 21.2 Å². The lowest BCUT2D eigenvalue weighted by Gasteiger charge is -2.42. The molecule has 0 amide bonds. The van der Waals surface area contributed by atoms with Crippen molar-refractivity contribution in [2.75, 3.05) is 26.7 Å². The minimum atomic E-state index is -2.76. The van der Waals surface area contributed by atoms with Gasteiger partial charge in [0, 0.05) is 49.9 Å². The van der Waals surface area contributed by atoms with Gasteiger partial charge in [-0.1, -0.05) is 41.9 Å². The highest BCUT2D eigenvalue weighted by Gasteiger charge is 2.36. The van der Waals surface area contributed by atoms with Gasteiger partial charge in [0.15, 0.2) is 5.96 Å². The number of carbonyl (C=O) groups is 1. The summed E-state index contributed by atoms with van der Waals surface area (Å²) in [7, 11) is 1.67. The van der Waals surface area contributed by atoms with Gasteiger partial charge in [0.05, 0.1) is 17.3 Å². The highest BCUT2D eigenvalue weighted by Crippen LogP contribution is 2.31. The summed E-state index contributed by atoms with van der Waals surface area (Å²) in [6, 6.07) is 10.2. The molecule has 0 aliphatic carbocycles. The van der Waals surface area contributed by atoms with Gasteiger partial charge in [0.2, 0.25) is 6.43 Å².